The molecule has 0 atom stereocenters. The number of rotatable bonds is 6. The topological polar surface area (TPSA) is 0 Å². The Hall–Kier alpha value is -5.45. The van der Waals surface area contributed by atoms with Gasteiger partial charge in [0.2, 0.25) is 0 Å². The fourth-order valence-corrected chi connectivity index (χ4v) is 10.3. The van der Waals surface area contributed by atoms with E-state index in [2.05, 4.69) is 284 Å². The Morgan fingerprint density at radius 1 is 0.378 bits per heavy atom. The third kappa shape index (κ3) is 17.3. The van der Waals surface area contributed by atoms with Crippen molar-refractivity contribution in [3.05, 3.63) is 298 Å². The van der Waals surface area contributed by atoms with E-state index in [0.717, 1.165) is 25.7 Å². The quantitative estimate of drug-likeness (QED) is 0.146. The van der Waals surface area contributed by atoms with Crippen molar-refractivity contribution in [2.45, 2.75) is 67.2 Å². The summed E-state index contributed by atoms with van der Waals surface area (Å²) in [6, 6.07) is 73.4. The molecule has 0 amide bonds. The molecule has 10 aromatic rings. The molecule has 0 spiro atoms. The van der Waals surface area contributed by atoms with E-state index in [0.29, 0.717) is 0 Å². The first-order valence-electron chi connectivity index (χ1n) is 25.1. The van der Waals surface area contributed by atoms with Gasteiger partial charge in [-0.05, 0) is 27.7 Å². The molecule has 2 aliphatic rings. The summed E-state index contributed by atoms with van der Waals surface area (Å²) in [5.41, 5.74) is 13.5. The van der Waals surface area contributed by atoms with E-state index in [9.17, 15) is 0 Å². The van der Waals surface area contributed by atoms with Crippen LogP contribution >= 0.6 is 0 Å². The van der Waals surface area contributed by atoms with Crippen LogP contribution in [0.4, 0.5) is 0 Å². The predicted molar refractivity (Wildman–Crippen MR) is 307 cm³/mol. The van der Waals surface area contributed by atoms with Crippen LogP contribution in [0.2, 0.25) is 0 Å². The van der Waals surface area contributed by atoms with E-state index < -0.39 is 0 Å². The van der Waals surface area contributed by atoms with Crippen LogP contribution < -0.4 is 24.8 Å². The van der Waals surface area contributed by atoms with Gasteiger partial charge in [0, 0.05) is 0 Å². The Kier molecular flexibility index (Phi) is 24.7. The van der Waals surface area contributed by atoms with Crippen LogP contribution in [0.5, 0.6) is 0 Å². The zero-order chi connectivity index (χ0) is 50.7. The van der Waals surface area contributed by atoms with Gasteiger partial charge in [0.1, 0.15) is 0 Å². The Labute approximate surface area is 483 Å². The number of allylic oxidation sites excluding steroid dienone is 8. The summed E-state index contributed by atoms with van der Waals surface area (Å²) < 4.78 is 2.83. The van der Waals surface area contributed by atoms with E-state index in [4.69, 9.17) is 0 Å². The van der Waals surface area contributed by atoms with Crippen molar-refractivity contribution < 1.29 is 73.3 Å². The monoisotopic (exact) mass is 1150 g/mol. The molecule has 0 unspecified atom stereocenters. The second-order valence-electron chi connectivity index (χ2n) is 18.2. The van der Waals surface area contributed by atoms with Crippen molar-refractivity contribution in [3.63, 3.8) is 0 Å². The van der Waals surface area contributed by atoms with Gasteiger partial charge < -0.3 is 24.8 Å². The number of hydrogen-bond donors (Lipinski definition) is 0. The van der Waals surface area contributed by atoms with Crippen LogP contribution in [0.15, 0.2) is 242 Å². The van der Waals surface area contributed by atoms with Gasteiger partial charge in [-0.1, -0.05) is 97.5 Å². The maximum absolute atomic E-state index is 3.11. The molecule has 0 saturated heterocycles. The molecule has 0 nitrogen and oxygen atoms in total. The molecular weight excluding hydrogens is 1090 g/mol. The summed E-state index contributed by atoms with van der Waals surface area (Å²) in [6.07, 6.45) is 19.1. The van der Waals surface area contributed by atoms with E-state index in [-0.39, 0.29) is 24.8 Å². The third-order valence-corrected chi connectivity index (χ3v) is 15.5. The minimum absolute atomic E-state index is 0. The van der Waals surface area contributed by atoms with Crippen molar-refractivity contribution in [2.24, 2.45) is 0 Å². The molecule has 0 heterocycles. The first-order chi connectivity index (χ1) is 35.1. The van der Waals surface area contributed by atoms with Crippen molar-refractivity contribution in [1.82, 2.24) is 0 Å². The number of benzene rings is 8. The molecule has 2 aliphatic carbocycles. The first-order valence-corrected chi connectivity index (χ1v) is 27.6. The second-order valence-corrected chi connectivity index (χ2v) is 20.7. The van der Waals surface area contributed by atoms with Gasteiger partial charge in [-0.2, -0.15) is 12.2 Å². The van der Waals surface area contributed by atoms with E-state index in [1.807, 2.05) is 0 Å². The van der Waals surface area contributed by atoms with E-state index >= 15 is 0 Å². The van der Waals surface area contributed by atoms with Crippen LogP contribution in [0, 0.1) is 39.8 Å². The molecule has 12 rings (SSSR count). The number of hydrogen-bond acceptors (Lipinski definition) is 0. The van der Waals surface area contributed by atoms with Crippen LogP contribution in [0.25, 0.3) is 43.1 Å². The van der Waals surface area contributed by atoms with E-state index in [1.165, 1.54) is 154 Å². The fourth-order valence-electron chi connectivity index (χ4n) is 8.65. The Balaban J connectivity index is 0.000000167. The molecule has 0 aliphatic heterocycles. The maximum atomic E-state index is 3.11. The Morgan fingerprint density at radius 3 is 0.811 bits per heavy atom. The van der Waals surface area contributed by atoms with Crippen LogP contribution in [-0.2, 0) is 48.5 Å². The molecule has 10 aromatic carbocycles. The summed E-state index contributed by atoms with van der Waals surface area (Å²) in [4.78, 5) is 0. The summed E-state index contributed by atoms with van der Waals surface area (Å²) >= 11 is 2.92. The van der Waals surface area contributed by atoms with E-state index in [1.54, 1.807) is 0 Å². The van der Waals surface area contributed by atoms with Crippen molar-refractivity contribution >= 4 is 49.5 Å². The molecule has 0 saturated carbocycles. The number of halogens is 2. The van der Waals surface area contributed by atoms with Gasteiger partial charge in [0.25, 0.3) is 0 Å². The predicted octanol–water partition coefficient (Wildman–Crippen LogP) is 12.4. The van der Waals surface area contributed by atoms with Gasteiger partial charge in [-0.3, -0.25) is 12.2 Å². The molecule has 4 heteroatoms. The zero-order valence-electron chi connectivity index (χ0n) is 43.5. The molecule has 0 bridgehead atoms. The molecule has 0 aromatic heterocycles. The average Bonchev–Trinajstić information content (AvgIpc) is 4.27. The third-order valence-electron chi connectivity index (χ3n) is 12.6. The van der Waals surface area contributed by atoms with Crippen LogP contribution in [-0.4, -0.2) is 6.41 Å². The molecule has 368 valence electrons. The molecule has 0 fully saturated rings. The van der Waals surface area contributed by atoms with Gasteiger partial charge in [-0.15, -0.1) is 92.3 Å². The first kappa shape index (κ1) is 59.4. The van der Waals surface area contributed by atoms with Gasteiger partial charge in [0.05, 0.1) is 0 Å². The van der Waals surface area contributed by atoms with Crippen molar-refractivity contribution in [2.75, 3.05) is 0 Å². The van der Waals surface area contributed by atoms with Gasteiger partial charge >= 0.3 is 198 Å². The van der Waals surface area contributed by atoms with Crippen molar-refractivity contribution in [1.29, 1.82) is 0 Å². The standard InChI is InChI=1S/2C15H13.2C13H10.2C7H9.2ClH.2Zr/c2*1-10-3-5-14-12(7-10)9-13-8-11(2)4-6-15(13)14;2*1-3-7-12(8-4-1)11-13-9-5-2-6-10-13;2*1-2-7-5-3-4-6-7;;;;/h2*3-9H,1-2H3;2*1-10H;2*5-6H,2-3H2,1H3;2*1H;;/q2*-1;;;2*-1;;;2*+2/p-2. The Morgan fingerprint density at radius 2 is 0.622 bits per heavy atom. The van der Waals surface area contributed by atoms with Crippen LogP contribution in [0.3, 0.4) is 0 Å². The van der Waals surface area contributed by atoms with Gasteiger partial charge in [0.15, 0.2) is 0 Å². The average molecular weight is 1160 g/mol. The summed E-state index contributed by atoms with van der Waals surface area (Å²) in [5, 5.41) is 10.9. The van der Waals surface area contributed by atoms with Crippen LogP contribution in [0.1, 0.15) is 84.0 Å². The number of fused-ring (bicyclic) bond motifs is 6. The normalized spacial score (nSPS) is 11.6. The molecular formula is C70H64Cl2Zr2-2. The summed E-state index contributed by atoms with van der Waals surface area (Å²) in [6.45, 7) is 12.9. The van der Waals surface area contributed by atoms with Gasteiger partial charge in [-0.25, -0.2) is 23.3 Å². The fraction of sp³-hybridized carbons (Fsp3) is 0.143. The minimum atomic E-state index is 0. The number of aryl methyl sites for hydroxylation is 4. The summed E-state index contributed by atoms with van der Waals surface area (Å²) in [7, 11) is 0. The SMILES string of the molecule is CCC1=CC[C-]=C1.CCC1=CC[C-]=C1.Cc1ccc2c(c1)[cH-]c1cc(C)ccc12.Cc1ccc2c(c1)[cH-]c1cc(C)ccc12.[Cl-].[Cl-].[Zr+2]=[C](c1ccccc1)c1ccccc1.[Zr+2]=[C](c1ccccc1)c1ccccc1. The molecule has 74 heavy (non-hydrogen) atoms. The van der Waals surface area contributed by atoms with Crippen molar-refractivity contribution in [3.8, 4) is 0 Å². The molecule has 0 radical (unpaired) electrons. The zero-order valence-corrected chi connectivity index (χ0v) is 50.0. The second kappa shape index (κ2) is 30.8. The summed E-state index contributed by atoms with van der Waals surface area (Å²) in [5.74, 6) is 0. The Bertz CT molecular complexity index is 3050. The molecule has 0 N–H and O–H groups in total.